The van der Waals surface area contributed by atoms with E-state index in [9.17, 15) is 0 Å². The minimum absolute atomic E-state index is 0.208. The number of nitrogens with two attached hydrogens (primary N) is 1. The van der Waals surface area contributed by atoms with Crippen molar-refractivity contribution >= 4 is 29.1 Å². The van der Waals surface area contributed by atoms with E-state index in [0.29, 0.717) is 11.3 Å². The van der Waals surface area contributed by atoms with Crippen LogP contribution in [0, 0.1) is 0 Å². The first-order valence-electron chi connectivity index (χ1n) is 7.45. The van der Waals surface area contributed by atoms with Gasteiger partial charge < -0.3 is 10.6 Å². The fourth-order valence-electron chi connectivity index (χ4n) is 2.72. The number of hydrogen-bond acceptors (Lipinski definition) is 3. The Kier molecular flexibility index (Phi) is 5.65. The summed E-state index contributed by atoms with van der Waals surface area (Å²) in [4.78, 5) is 2.47. The molecule has 112 valence electrons. The third kappa shape index (κ3) is 3.44. The van der Waals surface area contributed by atoms with Gasteiger partial charge in [-0.3, -0.25) is 0 Å². The van der Waals surface area contributed by atoms with Crippen molar-refractivity contribution in [3.8, 4) is 0 Å². The molecule has 0 aliphatic carbocycles. The van der Waals surface area contributed by atoms with Crippen LogP contribution >= 0.6 is 23.4 Å². The Balaban J connectivity index is 2.33. The van der Waals surface area contributed by atoms with Crippen molar-refractivity contribution in [1.82, 2.24) is 0 Å². The molecule has 3 unspecified atom stereocenters. The summed E-state index contributed by atoms with van der Waals surface area (Å²) in [5, 5.41) is 1.49. The SMILES string of the molecule is CCC(N)Cc1cccc(Cl)c1N1CCSC(C)C1C. The lowest BCUT2D eigenvalue weighted by atomic mass is 10.0. The van der Waals surface area contributed by atoms with Crippen LogP contribution in [0.25, 0.3) is 0 Å². The molecule has 20 heavy (non-hydrogen) atoms. The smallest absolute Gasteiger partial charge is 0.0642 e. The molecular weight excluding hydrogens is 288 g/mol. The zero-order valence-electron chi connectivity index (χ0n) is 12.6. The van der Waals surface area contributed by atoms with Gasteiger partial charge >= 0.3 is 0 Å². The second kappa shape index (κ2) is 7.06. The molecule has 1 aliphatic heterocycles. The van der Waals surface area contributed by atoms with Crippen LogP contribution in [0.5, 0.6) is 0 Å². The van der Waals surface area contributed by atoms with Gasteiger partial charge in [-0.15, -0.1) is 0 Å². The number of anilines is 1. The third-order valence-corrected chi connectivity index (χ3v) is 5.89. The molecule has 1 fully saturated rings. The third-order valence-electron chi connectivity index (χ3n) is 4.25. The van der Waals surface area contributed by atoms with Crippen LogP contribution in [-0.2, 0) is 6.42 Å². The lowest BCUT2D eigenvalue weighted by molar-refractivity contribution is 0.613. The Morgan fingerprint density at radius 2 is 2.20 bits per heavy atom. The summed E-state index contributed by atoms with van der Waals surface area (Å²) < 4.78 is 0. The summed E-state index contributed by atoms with van der Waals surface area (Å²) in [6, 6.07) is 6.92. The second-order valence-electron chi connectivity index (χ2n) is 5.63. The van der Waals surface area contributed by atoms with Crippen LogP contribution in [0.2, 0.25) is 5.02 Å². The number of rotatable bonds is 4. The standard InChI is InChI=1S/C16H25ClN2S/c1-4-14(18)10-13-6-5-7-15(17)16(13)19-8-9-20-12(3)11(19)2/h5-7,11-12,14H,4,8-10,18H2,1-3H3. The molecule has 2 rings (SSSR count). The van der Waals surface area contributed by atoms with Gasteiger partial charge in [0.15, 0.2) is 0 Å². The summed E-state index contributed by atoms with van der Waals surface area (Å²) in [5.41, 5.74) is 8.65. The highest BCUT2D eigenvalue weighted by Gasteiger charge is 2.28. The number of para-hydroxylation sites is 1. The summed E-state index contributed by atoms with van der Waals surface area (Å²) >= 11 is 8.56. The number of hydrogen-bond donors (Lipinski definition) is 1. The molecule has 3 atom stereocenters. The van der Waals surface area contributed by atoms with E-state index in [1.807, 2.05) is 23.9 Å². The minimum atomic E-state index is 0.208. The van der Waals surface area contributed by atoms with Crippen LogP contribution in [-0.4, -0.2) is 29.6 Å². The topological polar surface area (TPSA) is 29.3 Å². The van der Waals surface area contributed by atoms with E-state index in [4.69, 9.17) is 17.3 Å². The van der Waals surface area contributed by atoms with Crippen LogP contribution in [0.3, 0.4) is 0 Å². The van der Waals surface area contributed by atoms with Crippen LogP contribution in [0.4, 0.5) is 5.69 Å². The molecule has 1 aliphatic rings. The van der Waals surface area contributed by atoms with Crippen molar-refractivity contribution in [2.45, 2.75) is 50.9 Å². The molecule has 0 amide bonds. The van der Waals surface area contributed by atoms with Gasteiger partial charge in [0.2, 0.25) is 0 Å². The molecule has 0 aromatic heterocycles. The summed E-state index contributed by atoms with van der Waals surface area (Å²) in [7, 11) is 0. The molecule has 2 nitrogen and oxygen atoms in total. The van der Waals surface area contributed by atoms with E-state index in [-0.39, 0.29) is 6.04 Å². The molecule has 1 saturated heterocycles. The molecule has 0 saturated carbocycles. The molecule has 1 aromatic rings. The average molecular weight is 313 g/mol. The number of halogens is 1. The van der Waals surface area contributed by atoms with Gasteiger partial charge in [0.05, 0.1) is 10.7 Å². The van der Waals surface area contributed by atoms with Gasteiger partial charge in [-0.05, 0) is 31.4 Å². The summed E-state index contributed by atoms with van der Waals surface area (Å²) in [6.07, 6.45) is 1.89. The normalized spacial score (nSPS) is 24.8. The summed E-state index contributed by atoms with van der Waals surface area (Å²) in [6.45, 7) is 7.80. The quantitative estimate of drug-likeness (QED) is 0.912. The predicted octanol–water partition coefficient (Wildman–Crippen LogP) is 3.95. The van der Waals surface area contributed by atoms with Crippen molar-refractivity contribution in [1.29, 1.82) is 0 Å². The van der Waals surface area contributed by atoms with Crippen LogP contribution < -0.4 is 10.6 Å². The van der Waals surface area contributed by atoms with Gasteiger partial charge in [-0.1, -0.05) is 37.6 Å². The minimum Gasteiger partial charge on any atom is -0.365 e. The lowest BCUT2D eigenvalue weighted by Gasteiger charge is -2.40. The highest BCUT2D eigenvalue weighted by Crippen LogP contribution is 2.36. The Morgan fingerprint density at radius 3 is 2.90 bits per heavy atom. The first-order valence-corrected chi connectivity index (χ1v) is 8.88. The van der Waals surface area contributed by atoms with Crippen molar-refractivity contribution < 1.29 is 0 Å². The van der Waals surface area contributed by atoms with Crippen LogP contribution in [0.15, 0.2) is 18.2 Å². The Bertz CT molecular complexity index is 452. The second-order valence-corrected chi connectivity index (χ2v) is 7.52. The first kappa shape index (κ1) is 16.0. The van der Waals surface area contributed by atoms with Crippen molar-refractivity contribution in [2.24, 2.45) is 5.73 Å². The van der Waals surface area contributed by atoms with E-state index in [0.717, 1.165) is 30.2 Å². The van der Waals surface area contributed by atoms with Crippen molar-refractivity contribution in [2.75, 3.05) is 17.2 Å². The number of nitrogens with zero attached hydrogens (tertiary/aromatic N) is 1. The molecule has 0 radical (unpaired) electrons. The van der Waals surface area contributed by atoms with E-state index in [2.05, 4.69) is 31.7 Å². The van der Waals surface area contributed by atoms with E-state index in [1.165, 1.54) is 11.3 Å². The average Bonchev–Trinajstić information content (AvgIpc) is 2.43. The molecule has 2 N–H and O–H groups in total. The predicted molar refractivity (Wildman–Crippen MR) is 92.2 cm³/mol. The van der Waals surface area contributed by atoms with Crippen LogP contribution in [0.1, 0.15) is 32.8 Å². The fraction of sp³-hybridized carbons (Fsp3) is 0.625. The Morgan fingerprint density at radius 1 is 1.45 bits per heavy atom. The van der Waals surface area contributed by atoms with Gasteiger partial charge in [-0.2, -0.15) is 11.8 Å². The van der Waals surface area contributed by atoms with Gasteiger partial charge in [0.25, 0.3) is 0 Å². The van der Waals surface area contributed by atoms with E-state index in [1.54, 1.807) is 0 Å². The highest BCUT2D eigenvalue weighted by atomic mass is 35.5. The Labute approximate surface area is 132 Å². The molecule has 1 heterocycles. The van der Waals surface area contributed by atoms with Gasteiger partial charge in [0.1, 0.15) is 0 Å². The van der Waals surface area contributed by atoms with E-state index < -0.39 is 0 Å². The Hall–Kier alpha value is -0.380. The maximum atomic E-state index is 6.51. The van der Waals surface area contributed by atoms with Crippen molar-refractivity contribution in [3.05, 3.63) is 28.8 Å². The zero-order valence-corrected chi connectivity index (χ0v) is 14.2. The van der Waals surface area contributed by atoms with E-state index >= 15 is 0 Å². The maximum Gasteiger partial charge on any atom is 0.0642 e. The fourth-order valence-corrected chi connectivity index (χ4v) is 4.12. The monoisotopic (exact) mass is 312 g/mol. The maximum absolute atomic E-state index is 6.51. The molecule has 4 heteroatoms. The highest BCUT2D eigenvalue weighted by molar-refractivity contribution is 8.00. The summed E-state index contributed by atoms with van der Waals surface area (Å²) in [5.74, 6) is 1.16. The molecule has 0 bridgehead atoms. The number of benzene rings is 1. The molecule has 1 aromatic carbocycles. The number of thioether (sulfide) groups is 1. The zero-order chi connectivity index (χ0) is 14.7. The molecular formula is C16H25ClN2S. The lowest BCUT2D eigenvalue weighted by Crippen LogP contribution is -2.45. The van der Waals surface area contributed by atoms with Crippen molar-refractivity contribution in [3.63, 3.8) is 0 Å². The van der Waals surface area contributed by atoms with Gasteiger partial charge in [-0.25, -0.2) is 0 Å². The molecule has 0 spiro atoms. The first-order chi connectivity index (χ1) is 9.54. The van der Waals surface area contributed by atoms with Gasteiger partial charge in [0, 0.05) is 29.6 Å². The largest absolute Gasteiger partial charge is 0.365 e.